The van der Waals surface area contributed by atoms with Crippen LogP contribution in [-0.2, 0) is 6.54 Å². The van der Waals surface area contributed by atoms with Crippen molar-refractivity contribution in [3.8, 4) is 0 Å². The van der Waals surface area contributed by atoms with Crippen LogP contribution in [0.1, 0.15) is 18.9 Å². The van der Waals surface area contributed by atoms with Crippen LogP contribution in [0.3, 0.4) is 0 Å². The first-order valence-electron chi connectivity index (χ1n) is 6.01. The van der Waals surface area contributed by atoms with Crippen molar-refractivity contribution in [2.24, 2.45) is 0 Å². The van der Waals surface area contributed by atoms with Crippen molar-refractivity contribution in [3.05, 3.63) is 28.2 Å². The third-order valence-electron chi connectivity index (χ3n) is 2.74. The van der Waals surface area contributed by atoms with Crippen LogP contribution < -0.4 is 10.2 Å². The van der Waals surface area contributed by atoms with Gasteiger partial charge in [0.2, 0.25) is 0 Å². The quantitative estimate of drug-likeness (QED) is 0.811. The van der Waals surface area contributed by atoms with E-state index in [2.05, 4.69) is 51.3 Å². The van der Waals surface area contributed by atoms with Gasteiger partial charge in [-0.2, -0.15) is 0 Å². The summed E-state index contributed by atoms with van der Waals surface area (Å²) in [5.41, 5.74) is 2.46. The van der Waals surface area contributed by atoms with E-state index < -0.39 is 0 Å². The molecule has 2 N–H and O–H groups in total. The van der Waals surface area contributed by atoms with Crippen LogP contribution in [0.25, 0.3) is 0 Å². The molecule has 0 aliphatic carbocycles. The summed E-state index contributed by atoms with van der Waals surface area (Å²) >= 11 is 3.60. The van der Waals surface area contributed by atoms with Gasteiger partial charge in [-0.3, -0.25) is 0 Å². The maximum absolute atomic E-state index is 8.88. The molecule has 0 radical (unpaired) electrons. The van der Waals surface area contributed by atoms with Crippen molar-refractivity contribution in [1.82, 2.24) is 5.32 Å². The maximum Gasteiger partial charge on any atom is 0.0447 e. The molecule has 17 heavy (non-hydrogen) atoms. The third kappa shape index (κ3) is 4.30. The molecule has 0 saturated carbocycles. The summed E-state index contributed by atoms with van der Waals surface area (Å²) in [4.78, 5) is 2.27. The van der Waals surface area contributed by atoms with E-state index in [1.54, 1.807) is 0 Å². The van der Waals surface area contributed by atoms with Crippen LogP contribution in [0.4, 0.5) is 5.69 Å². The van der Waals surface area contributed by atoms with Crippen LogP contribution in [0.5, 0.6) is 0 Å². The Balaban J connectivity index is 2.79. The Morgan fingerprint density at radius 3 is 2.71 bits per heavy atom. The predicted octanol–water partition coefficient (Wildman–Crippen LogP) is 2.38. The van der Waals surface area contributed by atoms with Gasteiger partial charge in [0.05, 0.1) is 0 Å². The van der Waals surface area contributed by atoms with Crippen LogP contribution in [-0.4, -0.2) is 31.9 Å². The lowest BCUT2D eigenvalue weighted by Gasteiger charge is -2.23. The van der Waals surface area contributed by atoms with Crippen LogP contribution in [0.15, 0.2) is 22.7 Å². The molecule has 0 bridgehead atoms. The average molecular weight is 301 g/mol. The first-order chi connectivity index (χ1) is 8.22. The summed E-state index contributed by atoms with van der Waals surface area (Å²) in [5.74, 6) is 0. The lowest BCUT2D eigenvalue weighted by Crippen LogP contribution is -2.24. The fourth-order valence-corrected chi connectivity index (χ4v) is 2.30. The number of nitrogens with zero attached hydrogens (tertiary/aromatic N) is 1. The van der Waals surface area contributed by atoms with Crippen LogP contribution in [0.2, 0.25) is 0 Å². The van der Waals surface area contributed by atoms with Gasteiger partial charge in [-0.05, 0) is 38.1 Å². The topological polar surface area (TPSA) is 35.5 Å². The van der Waals surface area contributed by atoms with Crippen molar-refractivity contribution < 1.29 is 5.11 Å². The second kappa shape index (κ2) is 7.69. The van der Waals surface area contributed by atoms with Gasteiger partial charge in [0.1, 0.15) is 0 Å². The molecule has 0 heterocycles. The van der Waals surface area contributed by atoms with Gasteiger partial charge in [-0.25, -0.2) is 0 Å². The first-order valence-corrected chi connectivity index (χ1v) is 6.81. The molecule has 0 aliphatic heterocycles. The highest BCUT2D eigenvalue weighted by Gasteiger charge is 2.06. The second-order valence-corrected chi connectivity index (χ2v) is 4.82. The van der Waals surface area contributed by atoms with Crippen molar-refractivity contribution in [2.45, 2.75) is 19.9 Å². The molecule has 0 aromatic heterocycles. The normalized spacial score (nSPS) is 10.6. The third-order valence-corrected chi connectivity index (χ3v) is 3.48. The Morgan fingerprint density at radius 1 is 1.41 bits per heavy atom. The van der Waals surface area contributed by atoms with E-state index in [4.69, 9.17) is 5.11 Å². The molecule has 0 spiro atoms. The molecule has 1 aromatic carbocycles. The smallest absolute Gasteiger partial charge is 0.0447 e. The molecular weight excluding hydrogens is 280 g/mol. The van der Waals surface area contributed by atoms with E-state index in [0.29, 0.717) is 0 Å². The standard InChI is InChI=1S/C13H21BrN2O/c1-3-16(7-4-8-17)12-6-5-11(10-15-2)13(14)9-12/h5-6,9,15,17H,3-4,7-8,10H2,1-2H3. The van der Waals surface area contributed by atoms with E-state index in [0.717, 1.165) is 30.5 Å². The van der Waals surface area contributed by atoms with Gasteiger partial charge in [0.15, 0.2) is 0 Å². The summed E-state index contributed by atoms with van der Waals surface area (Å²) in [6, 6.07) is 6.42. The van der Waals surface area contributed by atoms with Gasteiger partial charge >= 0.3 is 0 Å². The summed E-state index contributed by atoms with van der Waals surface area (Å²) in [5, 5.41) is 12.0. The molecule has 1 rings (SSSR count). The molecule has 0 fully saturated rings. The molecule has 1 aromatic rings. The lowest BCUT2D eigenvalue weighted by atomic mass is 10.2. The number of aliphatic hydroxyl groups excluding tert-OH is 1. The second-order valence-electron chi connectivity index (χ2n) is 3.96. The van der Waals surface area contributed by atoms with Gasteiger partial charge < -0.3 is 15.3 Å². The monoisotopic (exact) mass is 300 g/mol. The average Bonchev–Trinajstić information content (AvgIpc) is 2.33. The van der Waals surface area contributed by atoms with Crippen molar-refractivity contribution in [2.75, 3.05) is 31.6 Å². The van der Waals surface area contributed by atoms with E-state index >= 15 is 0 Å². The minimum Gasteiger partial charge on any atom is -0.396 e. The highest BCUT2D eigenvalue weighted by atomic mass is 79.9. The minimum absolute atomic E-state index is 0.246. The van der Waals surface area contributed by atoms with Crippen LogP contribution >= 0.6 is 15.9 Å². The first kappa shape index (κ1) is 14.5. The molecule has 0 aliphatic rings. The van der Waals surface area contributed by atoms with Crippen molar-refractivity contribution in [1.29, 1.82) is 0 Å². The Bertz CT molecular complexity index is 344. The zero-order chi connectivity index (χ0) is 12.7. The fraction of sp³-hybridized carbons (Fsp3) is 0.538. The van der Waals surface area contributed by atoms with Crippen molar-refractivity contribution >= 4 is 21.6 Å². The lowest BCUT2D eigenvalue weighted by molar-refractivity contribution is 0.289. The number of halogens is 1. The Labute approximate surface area is 112 Å². The predicted molar refractivity (Wildman–Crippen MR) is 76.5 cm³/mol. The number of nitrogens with one attached hydrogen (secondary N) is 1. The minimum atomic E-state index is 0.246. The Hall–Kier alpha value is -0.580. The number of hydrogen-bond acceptors (Lipinski definition) is 3. The van der Waals surface area contributed by atoms with Crippen molar-refractivity contribution in [3.63, 3.8) is 0 Å². The molecule has 0 saturated heterocycles. The molecule has 0 atom stereocenters. The zero-order valence-corrected chi connectivity index (χ0v) is 12.1. The summed E-state index contributed by atoms with van der Waals surface area (Å²) in [6.45, 7) is 5.09. The maximum atomic E-state index is 8.88. The molecular formula is C13H21BrN2O. The molecule has 3 nitrogen and oxygen atoms in total. The van der Waals surface area contributed by atoms with Gasteiger partial charge in [0.25, 0.3) is 0 Å². The Kier molecular flexibility index (Phi) is 6.55. The largest absolute Gasteiger partial charge is 0.396 e. The fourth-order valence-electron chi connectivity index (χ4n) is 1.80. The Morgan fingerprint density at radius 2 is 2.18 bits per heavy atom. The SMILES string of the molecule is CCN(CCCO)c1ccc(CNC)c(Br)c1. The zero-order valence-electron chi connectivity index (χ0n) is 10.5. The summed E-state index contributed by atoms with van der Waals surface area (Å²) in [7, 11) is 1.94. The van der Waals surface area contributed by atoms with Gasteiger partial charge in [-0.15, -0.1) is 0 Å². The number of hydrogen-bond donors (Lipinski definition) is 2. The van der Waals surface area contributed by atoms with E-state index in [-0.39, 0.29) is 6.61 Å². The molecule has 4 heteroatoms. The number of aliphatic hydroxyl groups is 1. The molecule has 0 amide bonds. The molecule has 0 unspecified atom stereocenters. The summed E-state index contributed by atoms with van der Waals surface area (Å²) < 4.78 is 1.13. The van der Waals surface area contributed by atoms with Crippen LogP contribution in [0, 0.1) is 0 Å². The highest BCUT2D eigenvalue weighted by molar-refractivity contribution is 9.10. The number of anilines is 1. The number of benzene rings is 1. The highest BCUT2D eigenvalue weighted by Crippen LogP contribution is 2.24. The number of rotatable bonds is 7. The van der Waals surface area contributed by atoms with Gasteiger partial charge in [0, 0.05) is 36.4 Å². The van der Waals surface area contributed by atoms with Gasteiger partial charge in [-0.1, -0.05) is 22.0 Å². The van der Waals surface area contributed by atoms with E-state index in [1.807, 2.05) is 7.05 Å². The van der Waals surface area contributed by atoms with E-state index in [9.17, 15) is 0 Å². The molecule has 96 valence electrons. The van der Waals surface area contributed by atoms with E-state index in [1.165, 1.54) is 11.3 Å². The summed E-state index contributed by atoms with van der Waals surface area (Å²) in [6.07, 6.45) is 0.809.